The molecule has 1 fully saturated rings. The summed E-state index contributed by atoms with van der Waals surface area (Å²) < 4.78 is 14.3. The van der Waals surface area contributed by atoms with Gasteiger partial charge in [-0.3, -0.25) is 9.69 Å². The van der Waals surface area contributed by atoms with E-state index in [0.29, 0.717) is 30.5 Å². The topological polar surface area (TPSA) is 69.5 Å². The van der Waals surface area contributed by atoms with Crippen molar-refractivity contribution in [3.8, 4) is 5.82 Å². The van der Waals surface area contributed by atoms with Gasteiger partial charge >= 0.3 is 0 Å². The predicted octanol–water partition coefficient (Wildman–Crippen LogP) is 6.81. The molecule has 5 rings (SSSR count). The number of ether oxygens (including phenoxy) is 2. The van der Waals surface area contributed by atoms with Crippen LogP contribution in [0, 0.1) is 0 Å². The number of Topliss-reactive ketones (excluding diaryl/α,β-unsaturated/α-hetero) is 1. The Balaban J connectivity index is 1.30. The van der Waals surface area contributed by atoms with Crippen LogP contribution in [0.15, 0.2) is 77.3 Å². The molecule has 0 amide bonds. The zero-order chi connectivity index (χ0) is 29.6. The maximum atomic E-state index is 12.1. The Morgan fingerprint density at radius 1 is 1.21 bits per heavy atom. The maximum Gasteiger partial charge on any atom is 0.163 e. The molecular formula is C35H44N4O3. The van der Waals surface area contributed by atoms with E-state index in [-0.39, 0.29) is 5.78 Å². The average Bonchev–Trinajstić information content (AvgIpc) is 3.59. The van der Waals surface area contributed by atoms with E-state index in [1.165, 1.54) is 29.6 Å². The highest BCUT2D eigenvalue weighted by atomic mass is 16.5. The molecule has 3 aliphatic rings. The fraction of sp³-hybridized carbons (Fsp3) is 0.457. The third kappa shape index (κ3) is 6.74. The summed E-state index contributed by atoms with van der Waals surface area (Å²) in [4.78, 5) is 19.6. The lowest BCUT2D eigenvalue weighted by molar-refractivity contribution is -0.00135. The fourth-order valence-corrected chi connectivity index (χ4v) is 6.13. The molecule has 2 aromatic heterocycles. The van der Waals surface area contributed by atoms with E-state index in [2.05, 4.69) is 42.6 Å². The number of ketones is 1. The maximum absolute atomic E-state index is 12.1. The Bertz CT molecular complexity index is 1450. The molecule has 0 spiro atoms. The van der Waals surface area contributed by atoms with Crippen molar-refractivity contribution in [2.45, 2.75) is 72.3 Å². The minimum atomic E-state index is 0.0130. The molecule has 1 atom stereocenters. The van der Waals surface area contributed by atoms with Crippen LogP contribution in [0.2, 0.25) is 0 Å². The molecule has 0 saturated carbocycles. The number of carbonyl (C=O) groups is 1. The number of hydrogen-bond donors (Lipinski definition) is 0. The fourth-order valence-electron chi connectivity index (χ4n) is 6.13. The summed E-state index contributed by atoms with van der Waals surface area (Å²) in [5, 5.41) is 4.50. The minimum Gasteiger partial charge on any atom is -0.488 e. The smallest absolute Gasteiger partial charge is 0.163 e. The van der Waals surface area contributed by atoms with Crippen LogP contribution in [-0.4, -0.2) is 64.4 Å². The number of rotatable bonds is 11. The first kappa shape index (κ1) is 29.9. The van der Waals surface area contributed by atoms with Gasteiger partial charge in [0.15, 0.2) is 11.6 Å². The molecule has 1 saturated heterocycles. The third-order valence-electron chi connectivity index (χ3n) is 8.45. The zero-order valence-electron chi connectivity index (χ0n) is 25.6. The van der Waals surface area contributed by atoms with E-state index in [4.69, 9.17) is 14.5 Å². The minimum absolute atomic E-state index is 0.0130. The lowest BCUT2D eigenvalue weighted by Gasteiger charge is -2.27. The predicted molar refractivity (Wildman–Crippen MR) is 168 cm³/mol. The molecule has 1 unspecified atom stereocenters. The second kappa shape index (κ2) is 13.6. The van der Waals surface area contributed by atoms with Crippen molar-refractivity contribution in [3.63, 3.8) is 0 Å². The third-order valence-corrected chi connectivity index (χ3v) is 8.45. The molecule has 2 aromatic rings. The zero-order valence-corrected chi connectivity index (χ0v) is 25.6. The second-order valence-electron chi connectivity index (χ2n) is 11.6. The SMILES string of the molecule is C=C/C(=C\C1=C(C)CN(CC2CCCCO2)C1)COC1=C(C)CCC=C1c1cccc(-n2ncc(C(C)=O)c2CC)n1. The van der Waals surface area contributed by atoms with Crippen molar-refractivity contribution < 1.29 is 14.3 Å². The van der Waals surface area contributed by atoms with Crippen molar-refractivity contribution >= 4 is 11.4 Å². The Morgan fingerprint density at radius 2 is 2.07 bits per heavy atom. The number of pyridine rings is 1. The summed E-state index contributed by atoms with van der Waals surface area (Å²) in [6.07, 6.45) is 14.6. The molecule has 0 radical (unpaired) electrons. The van der Waals surface area contributed by atoms with Crippen molar-refractivity contribution in [2.24, 2.45) is 0 Å². The molecule has 0 aromatic carbocycles. The lowest BCUT2D eigenvalue weighted by atomic mass is 9.96. The van der Waals surface area contributed by atoms with E-state index < -0.39 is 0 Å². The Kier molecular flexibility index (Phi) is 9.70. The van der Waals surface area contributed by atoms with Crippen LogP contribution >= 0.6 is 0 Å². The standard InChI is InChI=1S/C35H44N4O3/c1-6-27(18-28-21-38(20-25(28)4)22-29-13-8-9-17-41-29)23-42-35-24(3)12-10-14-30(35)32-15-11-16-34(37-32)39-33(7-2)31(19-36-39)26(5)40/h6,11,14-16,18-19,29H,1,7-10,12-13,17,20-23H2,2-5H3/b27-18+. The first-order chi connectivity index (χ1) is 20.4. The second-order valence-corrected chi connectivity index (χ2v) is 11.6. The van der Waals surface area contributed by atoms with Gasteiger partial charge in [-0.25, -0.2) is 9.67 Å². The van der Waals surface area contributed by atoms with Crippen molar-refractivity contribution in [1.29, 1.82) is 0 Å². The molecule has 0 bridgehead atoms. The highest BCUT2D eigenvalue weighted by Crippen LogP contribution is 2.33. The molecule has 222 valence electrons. The van der Waals surface area contributed by atoms with E-state index in [9.17, 15) is 4.79 Å². The molecule has 7 heteroatoms. The number of aromatic nitrogens is 3. The van der Waals surface area contributed by atoms with Gasteiger partial charge in [0.05, 0.1) is 29.3 Å². The number of carbonyl (C=O) groups excluding carboxylic acids is 1. The summed E-state index contributed by atoms with van der Waals surface area (Å²) in [5.74, 6) is 1.59. The first-order valence-electron chi connectivity index (χ1n) is 15.3. The highest BCUT2D eigenvalue weighted by Gasteiger charge is 2.24. The van der Waals surface area contributed by atoms with Crippen LogP contribution in [0.4, 0.5) is 0 Å². The van der Waals surface area contributed by atoms with Crippen LogP contribution in [0.25, 0.3) is 11.4 Å². The summed E-state index contributed by atoms with van der Waals surface area (Å²) >= 11 is 0. The van der Waals surface area contributed by atoms with Crippen molar-refractivity contribution in [2.75, 3.05) is 32.8 Å². The summed E-state index contributed by atoms with van der Waals surface area (Å²) in [6, 6.07) is 5.93. The van der Waals surface area contributed by atoms with Gasteiger partial charge in [0.1, 0.15) is 12.4 Å². The number of allylic oxidation sites excluding steroid dienone is 3. The first-order valence-corrected chi connectivity index (χ1v) is 15.3. The number of hydrogen-bond acceptors (Lipinski definition) is 6. The van der Waals surface area contributed by atoms with Gasteiger partial charge < -0.3 is 9.47 Å². The number of nitrogens with zero attached hydrogens (tertiary/aromatic N) is 4. The van der Waals surface area contributed by atoms with Gasteiger partial charge in [0.25, 0.3) is 0 Å². The van der Waals surface area contributed by atoms with E-state index in [0.717, 1.165) is 73.8 Å². The normalized spacial score (nSPS) is 20.2. The van der Waals surface area contributed by atoms with Gasteiger partial charge in [0.2, 0.25) is 0 Å². The molecule has 42 heavy (non-hydrogen) atoms. The molecular weight excluding hydrogens is 524 g/mol. The Hall–Kier alpha value is -3.55. The van der Waals surface area contributed by atoms with Crippen LogP contribution < -0.4 is 0 Å². The molecule has 7 nitrogen and oxygen atoms in total. The summed E-state index contributed by atoms with van der Waals surface area (Å²) in [5.41, 5.74) is 8.37. The highest BCUT2D eigenvalue weighted by molar-refractivity contribution is 5.95. The monoisotopic (exact) mass is 568 g/mol. The van der Waals surface area contributed by atoms with E-state index in [1.807, 2.05) is 31.2 Å². The molecule has 1 aliphatic carbocycles. The van der Waals surface area contributed by atoms with Crippen molar-refractivity contribution in [1.82, 2.24) is 19.7 Å². The quantitative estimate of drug-likeness (QED) is 0.219. The average molecular weight is 569 g/mol. The van der Waals surface area contributed by atoms with Crippen LogP contribution in [0.5, 0.6) is 0 Å². The van der Waals surface area contributed by atoms with Gasteiger partial charge in [-0.15, -0.1) is 0 Å². The Morgan fingerprint density at radius 3 is 2.81 bits per heavy atom. The van der Waals surface area contributed by atoms with Crippen LogP contribution in [0.3, 0.4) is 0 Å². The lowest BCUT2D eigenvalue weighted by Crippen LogP contribution is -2.34. The van der Waals surface area contributed by atoms with E-state index in [1.54, 1.807) is 17.8 Å². The summed E-state index contributed by atoms with van der Waals surface area (Å²) in [6.45, 7) is 16.3. The van der Waals surface area contributed by atoms with Gasteiger partial charge in [-0.05, 0) is 88.1 Å². The Labute approximate surface area is 250 Å². The molecule has 2 aliphatic heterocycles. The van der Waals surface area contributed by atoms with Crippen LogP contribution in [0.1, 0.15) is 81.5 Å². The van der Waals surface area contributed by atoms with Crippen molar-refractivity contribution in [3.05, 3.63) is 94.2 Å². The largest absolute Gasteiger partial charge is 0.488 e. The van der Waals surface area contributed by atoms with Gasteiger partial charge in [0, 0.05) is 31.8 Å². The van der Waals surface area contributed by atoms with E-state index >= 15 is 0 Å². The van der Waals surface area contributed by atoms with Gasteiger partial charge in [-0.2, -0.15) is 5.10 Å². The van der Waals surface area contributed by atoms with Crippen LogP contribution in [-0.2, 0) is 15.9 Å². The van der Waals surface area contributed by atoms with Gasteiger partial charge in [-0.1, -0.05) is 43.4 Å². The molecule has 4 heterocycles. The molecule has 0 N–H and O–H groups in total. The summed E-state index contributed by atoms with van der Waals surface area (Å²) in [7, 11) is 0.